The van der Waals surface area contributed by atoms with E-state index in [-0.39, 0.29) is 18.1 Å². The van der Waals surface area contributed by atoms with Crippen molar-refractivity contribution in [1.82, 2.24) is 9.80 Å². The number of hydrogen-bond donors (Lipinski definition) is 0. The van der Waals surface area contributed by atoms with Crippen LogP contribution in [0.4, 0.5) is 0 Å². The Morgan fingerprint density at radius 2 is 2.17 bits per heavy atom. The van der Waals surface area contributed by atoms with E-state index >= 15 is 0 Å². The summed E-state index contributed by atoms with van der Waals surface area (Å²) in [6.45, 7) is 3.34. The summed E-state index contributed by atoms with van der Waals surface area (Å²) in [4.78, 5) is 16.4. The summed E-state index contributed by atoms with van der Waals surface area (Å²) < 4.78 is 10.7. The first-order valence-electron chi connectivity index (χ1n) is 8.41. The third-order valence-corrected chi connectivity index (χ3v) is 4.73. The predicted octanol–water partition coefficient (Wildman–Crippen LogP) is 1.58. The molecule has 0 spiro atoms. The second-order valence-electron chi connectivity index (χ2n) is 6.17. The van der Waals surface area contributed by atoms with Crippen LogP contribution in [-0.2, 0) is 9.53 Å². The number of ether oxygens (including phenoxy) is 2. The van der Waals surface area contributed by atoms with E-state index < -0.39 is 0 Å². The van der Waals surface area contributed by atoms with Gasteiger partial charge in [0.25, 0.3) is 5.91 Å². The molecular weight excluding hydrogens is 306 g/mol. The lowest BCUT2D eigenvalue weighted by atomic mass is 10.0. The van der Waals surface area contributed by atoms with Crippen LogP contribution in [0.15, 0.2) is 24.3 Å². The molecule has 2 aliphatic heterocycles. The van der Waals surface area contributed by atoms with Gasteiger partial charge in [0, 0.05) is 32.8 Å². The average molecular weight is 329 g/mol. The highest BCUT2D eigenvalue weighted by atomic mass is 16.5. The van der Waals surface area contributed by atoms with Crippen LogP contribution in [0, 0.1) is 11.3 Å². The van der Waals surface area contributed by atoms with Crippen molar-refractivity contribution in [2.45, 2.75) is 25.0 Å². The van der Waals surface area contributed by atoms with Gasteiger partial charge in [-0.15, -0.1) is 0 Å². The van der Waals surface area contributed by atoms with Crippen molar-refractivity contribution in [3.8, 4) is 11.8 Å². The van der Waals surface area contributed by atoms with Crippen molar-refractivity contribution in [2.75, 3.05) is 39.9 Å². The number of hydrogen-bond acceptors (Lipinski definition) is 5. The molecular formula is C18H23N3O3. The SMILES string of the molecule is COc1cccc(C(C#N)N2CCN(C(=O)C3CCCO3)CC2)c1. The van der Waals surface area contributed by atoms with Gasteiger partial charge in [-0.25, -0.2) is 0 Å². The lowest BCUT2D eigenvalue weighted by Crippen LogP contribution is -2.51. The van der Waals surface area contributed by atoms with Crippen molar-refractivity contribution in [3.05, 3.63) is 29.8 Å². The molecule has 3 rings (SSSR count). The smallest absolute Gasteiger partial charge is 0.251 e. The summed E-state index contributed by atoms with van der Waals surface area (Å²) in [6, 6.07) is 9.68. The second kappa shape index (κ2) is 7.65. The van der Waals surface area contributed by atoms with Crippen molar-refractivity contribution < 1.29 is 14.3 Å². The molecule has 0 aromatic heterocycles. The first-order chi connectivity index (χ1) is 11.7. The Labute approximate surface area is 142 Å². The van der Waals surface area contributed by atoms with Crippen LogP contribution in [0.2, 0.25) is 0 Å². The van der Waals surface area contributed by atoms with Crippen LogP contribution < -0.4 is 4.74 Å². The number of nitriles is 1. The molecule has 2 heterocycles. The number of carbonyl (C=O) groups excluding carboxylic acids is 1. The maximum absolute atomic E-state index is 12.4. The molecule has 2 aliphatic rings. The van der Waals surface area contributed by atoms with Crippen molar-refractivity contribution in [2.24, 2.45) is 0 Å². The van der Waals surface area contributed by atoms with E-state index in [1.807, 2.05) is 29.2 Å². The van der Waals surface area contributed by atoms with Crippen molar-refractivity contribution >= 4 is 5.91 Å². The number of benzene rings is 1. The number of piperazine rings is 1. The number of nitrogens with zero attached hydrogens (tertiary/aromatic N) is 3. The topological polar surface area (TPSA) is 65.8 Å². The van der Waals surface area contributed by atoms with Gasteiger partial charge < -0.3 is 14.4 Å². The Balaban J connectivity index is 1.62. The van der Waals surface area contributed by atoms with Gasteiger partial charge >= 0.3 is 0 Å². The normalized spacial score (nSPS) is 22.8. The van der Waals surface area contributed by atoms with Gasteiger partial charge in [-0.2, -0.15) is 5.26 Å². The van der Waals surface area contributed by atoms with Crippen LogP contribution in [0.1, 0.15) is 24.4 Å². The predicted molar refractivity (Wildman–Crippen MR) is 88.5 cm³/mol. The number of methoxy groups -OCH3 is 1. The average Bonchev–Trinajstić information content (AvgIpc) is 3.17. The standard InChI is InChI=1S/C18H23N3O3/c1-23-15-5-2-4-14(12-15)16(13-19)20-7-9-21(10-8-20)18(22)17-6-3-11-24-17/h2,4-5,12,16-17H,3,6-11H2,1H3. The third-order valence-electron chi connectivity index (χ3n) is 4.73. The molecule has 1 aromatic rings. The largest absolute Gasteiger partial charge is 0.497 e. The summed E-state index contributed by atoms with van der Waals surface area (Å²) in [5, 5.41) is 9.61. The maximum atomic E-state index is 12.4. The molecule has 2 saturated heterocycles. The van der Waals surface area contributed by atoms with Gasteiger partial charge in [0.15, 0.2) is 0 Å². The summed E-state index contributed by atoms with van der Waals surface area (Å²) in [5.74, 6) is 0.849. The fourth-order valence-electron chi connectivity index (χ4n) is 3.36. The van der Waals surface area contributed by atoms with Crippen LogP contribution in [-0.4, -0.2) is 61.7 Å². The molecule has 0 aliphatic carbocycles. The molecule has 128 valence electrons. The third kappa shape index (κ3) is 3.53. The number of amides is 1. The molecule has 0 radical (unpaired) electrons. The minimum absolute atomic E-state index is 0.0991. The van der Waals surface area contributed by atoms with E-state index in [0.717, 1.165) is 24.2 Å². The van der Waals surface area contributed by atoms with Gasteiger partial charge in [0.05, 0.1) is 13.2 Å². The molecule has 2 unspecified atom stereocenters. The molecule has 6 nitrogen and oxygen atoms in total. The quantitative estimate of drug-likeness (QED) is 0.839. The molecule has 1 aromatic carbocycles. The first-order valence-corrected chi connectivity index (χ1v) is 8.41. The number of carbonyl (C=O) groups is 1. The van der Waals surface area contributed by atoms with Gasteiger partial charge in [-0.3, -0.25) is 9.69 Å². The molecule has 1 amide bonds. The Bertz CT molecular complexity index is 614. The Hall–Kier alpha value is -2.10. The molecule has 0 bridgehead atoms. The summed E-state index contributed by atoms with van der Waals surface area (Å²) in [6.07, 6.45) is 1.52. The van der Waals surface area contributed by atoms with Gasteiger partial charge in [-0.1, -0.05) is 12.1 Å². The van der Waals surface area contributed by atoms with Crippen molar-refractivity contribution in [1.29, 1.82) is 5.26 Å². The second-order valence-corrected chi connectivity index (χ2v) is 6.17. The van der Waals surface area contributed by atoms with Crippen LogP contribution >= 0.6 is 0 Å². The minimum atomic E-state index is -0.319. The lowest BCUT2D eigenvalue weighted by molar-refractivity contribution is -0.142. The highest BCUT2D eigenvalue weighted by Crippen LogP contribution is 2.25. The zero-order valence-electron chi connectivity index (χ0n) is 14.0. The molecule has 2 fully saturated rings. The fourth-order valence-corrected chi connectivity index (χ4v) is 3.36. The maximum Gasteiger partial charge on any atom is 0.251 e. The highest BCUT2D eigenvalue weighted by Gasteiger charge is 2.32. The van der Waals surface area contributed by atoms with Gasteiger partial charge in [0.2, 0.25) is 0 Å². The van der Waals surface area contributed by atoms with Gasteiger partial charge in [0.1, 0.15) is 17.9 Å². The Morgan fingerprint density at radius 1 is 1.38 bits per heavy atom. The van der Waals surface area contributed by atoms with E-state index in [4.69, 9.17) is 9.47 Å². The van der Waals surface area contributed by atoms with Crippen LogP contribution in [0.25, 0.3) is 0 Å². The van der Waals surface area contributed by atoms with Crippen molar-refractivity contribution in [3.63, 3.8) is 0 Å². The first kappa shape index (κ1) is 16.7. The highest BCUT2D eigenvalue weighted by molar-refractivity contribution is 5.81. The van der Waals surface area contributed by atoms with E-state index in [2.05, 4.69) is 11.0 Å². The monoisotopic (exact) mass is 329 g/mol. The molecule has 6 heteroatoms. The number of rotatable bonds is 4. The van der Waals surface area contributed by atoms with Gasteiger partial charge in [-0.05, 0) is 30.5 Å². The molecule has 2 atom stereocenters. The van der Waals surface area contributed by atoms with E-state index in [1.165, 1.54) is 0 Å². The summed E-state index contributed by atoms with van der Waals surface area (Å²) in [7, 11) is 1.62. The van der Waals surface area contributed by atoms with E-state index in [0.29, 0.717) is 32.8 Å². The van der Waals surface area contributed by atoms with Crippen LogP contribution in [0.3, 0.4) is 0 Å². The fraction of sp³-hybridized carbons (Fsp3) is 0.556. The Kier molecular flexibility index (Phi) is 5.34. The van der Waals surface area contributed by atoms with E-state index in [1.54, 1.807) is 7.11 Å². The summed E-state index contributed by atoms with van der Waals surface area (Å²) >= 11 is 0. The molecule has 24 heavy (non-hydrogen) atoms. The zero-order valence-corrected chi connectivity index (χ0v) is 14.0. The molecule has 0 N–H and O–H groups in total. The Morgan fingerprint density at radius 3 is 2.79 bits per heavy atom. The summed E-state index contributed by atoms with van der Waals surface area (Å²) in [5.41, 5.74) is 0.927. The van der Waals surface area contributed by atoms with E-state index in [9.17, 15) is 10.1 Å². The van der Waals surface area contributed by atoms with Crippen LogP contribution in [0.5, 0.6) is 5.75 Å². The minimum Gasteiger partial charge on any atom is -0.497 e. The zero-order chi connectivity index (χ0) is 16.9. The molecule has 0 saturated carbocycles. The lowest BCUT2D eigenvalue weighted by Gasteiger charge is -2.37.